The number of hydrogen-bond acceptors (Lipinski definition) is 1. The zero-order chi connectivity index (χ0) is 16.4. The largest absolute Gasteiger partial charge is 1.00 e. The third-order valence-corrected chi connectivity index (χ3v) is 4.10. The van der Waals surface area contributed by atoms with Gasteiger partial charge in [0, 0.05) is 5.56 Å². The molecular weight excluding hydrogens is 318 g/mol. The molecule has 0 radical (unpaired) electrons. The first kappa shape index (κ1) is 18.2. The van der Waals surface area contributed by atoms with Crippen LogP contribution in [0.25, 0.3) is 11.3 Å². The Morgan fingerprint density at radius 2 is 1.58 bits per heavy atom. The van der Waals surface area contributed by atoms with E-state index in [1.807, 2.05) is 22.5 Å². The lowest BCUT2D eigenvalue weighted by molar-refractivity contribution is -0.722. The second kappa shape index (κ2) is 7.18. The molecule has 0 bridgehead atoms. The fraction of sp³-hybridized carbons (Fsp3) is 0.300. The van der Waals surface area contributed by atoms with Crippen LogP contribution in [0.15, 0.2) is 60.8 Å². The van der Waals surface area contributed by atoms with E-state index in [0.717, 1.165) is 12.2 Å². The smallest absolute Gasteiger partial charge is 0.197 e. The van der Waals surface area contributed by atoms with E-state index in [1.54, 1.807) is 0 Å². The van der Waals surface area contributed by atoms with Crippen LogP contribution >= 0.6 is 0 Å². The Balaban J connectivity index is 0.00000208. The summed E-state index contributed by atoms with van der Waals surface area (Å²) in [6, 6.07) is 19.2. The van der Waals surface area contributed by atoms with Crippen molar-refractivity contribution in [3.63, 3.8) is 0 Å². The highest BCUT2D eigenvalue weighted by atomic mass is 35.5. The van der Waals surface area contributed by atoms with Crippen LogP contribution in [0.5, 0.6) is 0 Å². The van der Waals surface area contributed by atoms with Crippen molar-refractivity contribution in [1.29, 1.82) is 0 Å². The predicted octanol–water partition coefficient (Wildman–Crippen LogP) is 0.724. The van der Waals surface area contributed by atoms with Gasteiger partial charge in [0.05, 0.1) is 5.21 Å². The average molecular weight is 342 g/mol. The van der Waals surface area contributed by atoms with Gasteiger partial charge in [-0.1, -0.05) is 75.4 Å². The van der Waals surface area contributed by atoms with E-state index in [4.69, 9.17) is 0 Å². The van der Waals surface area contributed by atoms with E-state index in [0.29, 0.717) is 0 Å². The molecule has 0 atom stereocenters. The summed E-state index contributed by atoms with van der Waals surface area (Å²) >= 11 is 0. The quantitative estimate of drug-likeness (QED) is 0.644. The summed E-state index contributed by atoms with van der Waals surface area (Å²) in [6.45, 7) is 7.49. The number of nitrogens with zero attached hydrogens (tertiary/aromatic N) is 3. The first-order valence-electron chi connectivity index (χ1n) is 8.02. The molecule has 1 heterocycles. The first-order chi connectivity index (χ1) is 10.9. The van der Waals surface area contributed by atoms with Crippen molar-refractivity contribution in [1.82, 2.24) is 9.90 Å². The maximum absolute atomic E-state index is 4.59. The number of halogens is 1. The molecule has 3 rings (SSSR count). The number of rotatable bonds is 3. The van der Waals surface area contributed by atoms with Crippen molar-refractivity contribution in [2.24, 2.45) is 7.05 Å². The van der Waals surface area contributed by atoms with Crippen molar-refractivity contribution in [2.45, 2.75) is 32.7 Å². The summed E-state index contributed by atoms with van der Waals surface area (Å²) in [5.74, 6) is 0. The Bertz CT molecular complexity index is 784. The molecule has 0 aliphatic carbocycles. The number of aryl methyl sites for hydroxylation is 1. The van der Waals surface area contributed by atoms with Gasteiger partial charge in [0.25, 0.3) is 0 Å². The standard InChI is InChI=1S/C20H24N3.ClH/c1-20(2,3)18-12-10-17(11-13-18)19-15-23(21-22(19)4)14-16-8-6-5-7-9-16;/h5-13,15H,14H2,1-4H3;1H/q+1;/p-1. The summed E-state index contributed by atoms with van der Waals surface area (Å²) in [6.07, 6.45) is 2.11. The molecule has 1 aromatic heterocycles. The van der Waals surface area contributed by atoms with E-state index in [-0.39, 0.29) is 17.8 Å². The lowest BCUT2D eigenvalue weighted by atomic mass is 9.86. The van der Waals surface area contributed by atoms with E-state index < -0.39 is 0 Å². The first-order valence-corrected chi connectivity index (χ1v) is 8.02. The number of aromatic nitrogens is 3. The molecule has 24 heavy (non-hydrogen) atoms. The maximum Gasteiger partial charge on any atom is 0.197 e. The Kier molecular flexibility index (Phi) is 5.45. The molecule has 0 saturated heterocycles. The Morgan fingerprint density at radius 3 is 2.17 bits per heavy atom. The Hall–Kier alpha value is -2.13. The predicted molar refractivity (Wildman–Crippen MR) is 93.1 cm³/mol. The molecule has 0 unspecified atom stereocenters. The van der Waals surface area contributed by atoms with Gasteiger partial charge in [0.15, 0.2) is 11.9 Å². The minimum Gasteiger partial charge on any atom is -1.00 e. The molecule has 0 aliphatic heterocycles. The molecule has 0 aliphatic rings. The molecule has 3 nitrogen and oxygen atoms in total. The normalized spacial score (nSPS) is 11.2. The van der Waals surface area contributed by atoms with Gasteiger partial charge >= 0.3 is 0 Å². The van der Waals surface area contributed by atoms with Crippen molar-refractivity contribution in [3.05, 3.63) is 71.9 Å². The van der Waals surface area contributed by atoms with Crippen LogP contribution in [0.1, 0.15) is 31.9 Å². The van der Waals surface area contributed by atoms with E-state index in [2.05, 4.69) is 80.7 Å². The molecule has 0 N–H and O–H groups in total. The summed E-state index contributed by atoms with van der Waals surface area (Å²) in [5.41, 5.74) is 5.10. The van der Waals surface area contributed by atoms with Crippen LogP contribution in [-0.2, 0) is 19.0 Å². The molecule has 126 valence electrons. The van der Waals surface area contributed by atoms with Crippen molar-refractivity contribution < 1.29 is 17.1 Å². The topological polar surface area (TPSA) is 21.7 Å². The van der Waals surface area contributed by atoms with Crippen LogP contribution in [0.4, 0.5) is 0 Å². The van der Waals surface area contributed by atoms with E-state index >= 15 is 0 Å². The van der Waals surface area contributed by atoms with Gasteiger partial charge in [0.1, 0.15) is 13.6 Å². The number of hydrogen-bond donors (Lipinski definition) is 0. The van der Waals surface area contributed by atoms with Gasteiger partial charge in [-0.25, -0.2) is 0 Å². The molecule has 3 aromatic rings. The second-order valence-corrected chi connectivity index (χ2v) is 7.04. The minimum absolute atomic E-state index is 0. The molecule has 0 fully saturated rings. The van der Waals surface area contributed by atoms with Gasteiger partial charge in [-0.15, -0.1) is 9.36 Å². The molecule has 2 aromatic carbocycles. The average Bonchev–Trinajstić information content (AvgIpc) is 2.88. The SMILES string of the molecule is C[n+]1nn(Cc2ccccc2)cc1-c1ccc(C(C)(C)C)cc1.[Cl-]. The van der Waals surface area contributed by atoms with Crippen LogP contribution in [0.3, 0.4) is 0 Å². The van der Waals surface area contributed by atoms with Gasteiger partial charge in [0.2, 0.25) is 0 Å². The molecular formula is C20H24ClN3. The number of benzene rings is 2. The lowest BCUT2D eigenvalue weighted by Gasteiger charge is -2.18. The van der Waals surface area contributed by atoms with Gasteiger partial charge in [-0.05, 0) is 16.5 Å². The molecule has 0 spiro atoms. The molecule has 0 amide bonds. The highest BCUT2D eigenvalue weighted by Gasteiger charge is 2.17. The molecule has 4 heteroatoms. The zero-order valence-electron chi connectivity index (χ0n) is 14.7. The van der Waals surface area contributed by atoms with Crippen molar-refractivity contribution in [2.75, 3.05) is 0 Å². The summed E-state index contributed by atoms with van der Waals surface area (Å²) < 4.78 is 3.93. The molecule has 0 saturated carbocycles. The zero-order valence-corrected chi connectivity index (χ0v) is 15.5. The van der Waals surface area contributed by atoms with Gasteiger partial charge < -0.3 is 12.4 Å². The third kappa shape index (κ3) is 4.04. The highest BCUT2D eigenvalue weighted by molar-refractivity contribution is 5.56. The maximum atomic E-state index is 4.59. The van der Waals surface area contributed by atoms with Gasteiger partial charge in [-0.2, -0.15) is 0 Å². The van der Waals surface area contributed by atoms with Gasteiger partial charge in [-0.3, -0.25) is 0 Å². The van der Waals surface area contributed by atoms with E-state index in [9.17, 15) is 0 Å². The second-order valence-electron chi connectivity index (χ2n) is 7.04. The third-order valence-electron chi connectivity index (χ3n) is 4.10. The fourth-order valence-electron chi connectivity index (χ4n) is 2.72. The minimum atomic E-state index is 0. The van der Waals surface area contributed by atoms with Crippen molar-refractivity contribution >= 4 is 0 Å². The monoisotopic (exact) mass is 341 g/mol. The lowest BCUT2D eigenvalue weighted by Crippen LogP contribution is -3.00. The fourth-order valence-corrected chi connectivity index (χ4v) is 2.72. The van der Waals surface area contributed by atoms with Crippen LogP contribution in [0, 0.1) is 0 Å². The summed E-state index contributed by atoms with van der Waals surface area (Å²) in [7, 11) is 1.99. The van der Waals surface area contributed by atoms with Crippen LogP contribution in [0.2, 0.25) is 0 Å². The Labute approximate surface area is 150 Å². The van der Waals surface area contributed by atoms with Crippen LogP contribution < -0.4 is 17.1 Å². The Morgan fingerprint density at radius 1 is 0.958 bits per heavy atom. The summed E-state index contributed by atoms with van der Waals surface area (Å²) in [4.78, 5) is 0. The van der Waals surface area contributed by atoms with Crippen molar-refractivity contribution in [3.8, 4) is 11.3 Å². The van der Waals surface area contributed by atoms with Crippen LogP contribution in [-0.4, -0.2) is 9.90 Å². The highest BCUT2D eigenvalue weighted by Crippen LogP contribution is 2.24. The van der Waals surface area contributed by atoms with E-state index in [1.165, 1.54) is 16.7 Å². The summed E-state index contributed by atoms with van der Waals surface area (Å²) in [5, 5.41) is 4.59.